The first-order valence-corrected chi connectivity index (χ1v) is 17.1. The Hall–Kier alpha value is -3.44. The number of nitrogens with one attached hydrogen (secondary N) is 3. The SMILES string of the molecule is CC[C@]1(N2CCOCC2)CC[C@H](Nc2cccc3c2cc(C#CCNc2ccc(S(=O)(=O)NC)cc2OC)n3CC(F)(F)F)CC1. The van der Waals surface area contributed by atoms with E-state index in [1.807, 2.05) is 6.07 Å². The summed E-state index contributed by atoms with van der Waals surface area (Å²) in [6, 6.07) is 11.7. The van der Waals surface area contributed by atoms with Gasteiger partial charge in [0.15, 0.2) is 0 Å². The van der Waals surface area contributed by atoms with Gasteiger partial charge in [-0.3, -0.25) is 4.90 Å². The van der Waals surface area contributed by atoms with Gasteiger partial charge in [-0.05, 0) is 75.4 Å². The Bertz CT molecular complexity index is 1680. The van der Waals surface area contributed by atoms with E-state index in [1.165, 1.54) is 30.9 Å². The Morgan fingerprint density at radius 3 is 2.48 bits per heavy atom. The highest BCUT2D eigenvalue weighted by molar-refractivity contribution is 7.89. The van der Waals surface area contributed by atoms with Crippen molar-refractivity contribution in [1.29, 1.82) is 0 Å². The number of hydrogen-bond acceptors (Lipinski definition) is 7. The molecule has 3 aromatic rings. The molecule has 2 heterocycles. The van der Waals surface area contributed by atoms with Crippen LogP contribution in [0.4, 0.5) is 24.5 Å². The first-order valence-electron chi connectivity index (χ1n) is 15.6. The van der Waals surface area contributed by atoms with Crippen LogP contribution in [0.25, 0.3) is 10.9 Å². The summed E-state index contributed by atoms with van der Waals surface area (Å²) in [7, 11) is -0.921. The number of nitrogens with zero attached hydrogens (tertiary/aromatic N) is 2. The predicted molar refractivity (Wildman–Crippen MR) is 174 cm³/mol. The second-order valence-electron chi connectivity index (χ2n) is 11.8. The summed E-state index contributed by atoms with van der Waals surface area (Å²) in [6.07, 6.45) is 0.745. The summed E-state index contributed by atoms with van der Waals surface area (Å²) in [5.41, 5.74) is 2.21. The molecule has 46 heavy (non-hydrogen) atoms. The summed E-state index contributed by atoms with van der Waals surface area (Å²) in [5.74, 6) is 6.14. The van der Waals surface area contributed by atoms with E-state index in [4.69, 9.17) is 9.47 Å². The maximum Gasteiger partial charge on any atom is 0.406 e. The smallest absolute Gasteiger partial charge is 0.406 e. The van der Waals surface area contributed by atoms with Crippen LogP contribution in [0.15, 0.2) is 47.4 Å². The zero-order valence-electron chi connectivity index (χ0n) is 26.5. The number of methoxy groups -OCH3 is 1. The van der Waals surface area contributed by atoms with Crippen molar-refractivity contribution in [1.82, 2.24) is 14.2 Å². The number of alkyl halides is 3. The summed E-state index contributed by atoms with van der Waals surface area (Å²) in [5, 5.41) is 7.42. The first-order chi connectivity index (χ1) is 22.0. The zero-order chi connectivity index (χ0) is 33.0. The minimum absolute atomic E-state index is 0.0413. The number of halogens is 3. The van der Waals surface area contributed by atoms with Crippen LogP contribution in [0.1, 0.15) is 44.7 Å². The molecular formula is C33H42F3N5O4S. The predicted octanol–water partition coefficient (Wildman–Crippen LogP) is 5.42. The minimum atomic E-state index is -4.43. The third kappa shape index (κ3) is 7.57. The standard InChI is InChI=1S/C33H42F3N5O4S/c1-4-32(40-17-19-45-20-18-40)14-12-24(13-15-32)39-28-8-5-9-30-27(28)21-25(41(30)23-33(34,35)36)7-6-16-38-29-11-10-26(22-31(29)44-3)46(42,43)37-2/h5,8-11,21-22,24,37-39H,4,12-20,23H2,1-3H3/t24-,32-. The van der Waals surface area contributed by atoms with Crippen LogP contribution >= 0.6 is 0 Å². The Labute approximate surface area is 268 Å². The molecular weight excluding hydrogens is 619 g/mol. The van der Waals surface area contributed by atoms with Gasteiger partial charge in [0.25, 0.3) is 0 Å². The van der Waals surface area contributed by atoms with E-state index in [9.17, 15) is 21.6 Å². The van der Waals surface area contributed by atoms with E-state index in [2.05, 4.69) is 39.0 Å². The highest BCUT2D eigenvalue weighted by Crippen LogP contribution is 2.39. The van der Waals surface area contributed by atoms with Crippen molar-refractivity contribution in [2.45, 2.75) is 68.2 Å². The third-order valence-corrected chi connectivity index (χ3v) is 10.6. The second-order valence-corrected chi connectivity index (χ2v) is 13.7. The summed E-state index contributed by atoms with van der Waals surface area (Å²) >= 11 is 0. The highest BCUT2D eigenvalue weighted by Gasteiger charge is 2.39. The average Bonchev–Trinajstić information content (AvgIpc) is 3.40. The second kappa shape index (κ2) is 14.1. The van der Waals surface area contributed by atoms with E-state index in [-0.39, 0.29) is 28.7 Å². The molecule has 0 bridgehead atoms. The Morgan fingerprint density at radius 1 is 1.09 bits per heavy atom. The van der Waals surface area contributed by atoms with Crippen molar-refractivity contribution in [3.63, 3.8) is 0 Å². The van der Waals surface area contributed by atoms with Gasteiger partial charge >= 0.3 is 6.18 Å². The molecule has 0 unspecified atom stereocenters. The van der Waals surface area contributed by atoms with Crippen LogP contribution in [0.5, 0.6) is 5.75 Å². The quantitative estimate of drug-likeness (QED) is 0.250. The lowest BCUT2D eigenvalue weighted by Crippen LogP contribution is -2.55. The van der Waals surface area contributed by atoms with Crippen molar-refractivity contribution < 1.29 is 31.1 Å². The summed E-state index contributed by atoms with van der Waals surface area (Å²) in [4.78, 5) is 2.63. The van der Waals surface area contributed by atoms with Crippen molar-refractivity contribution >= 4 is 32.3 Å². The monoisotopic (exact) mass is 661 g/mol. The molecule has 1 aliphatic heterocycles. The molecule has 3 N–H and O–H groups in total. The van der Waals surface area contributed by atoms with Crippen molar-refractivity contribution in [2.75, 3.05) is 57.6 Å². The van der Waals surface area contributed by atoms with Crippen LogP contribution in [0.2, 0.25) is 0 Å². The molecule has 0 radical (unpaired) electrons. The van der Waals surface area contributed by atoms with Gasteiger partial charge in [-0.15, -0.1) is 0 Å². The number of anilines is 2. The largest absolute Gasteiger partial charge is 0.495 e. The van der Waals surface area contributed by atoms with Gasteiger partial charge in [-0.2, -0.15) is 13.2 Å². The number of morpholine rings is 1. The number of hydrogen-bond donors (Lipinski definition) is 3. The fourth-order valence-electron chi connectivity index (χ4n) is 6.69. The van der Waals surface area contributed by atoms with Gasteiger partial charge < -0.3 is 24.7 Å². The maximum absolute atomic E-state index is 13.7. The van der Waals surface area contributed by atoms with Crippen LogP contribution in [0, 0.1) is 11.8 Å². The lowest BCUT2D eigenvalue weighted by molar-refractivity contribution is -0.140. The van der Waals surface area contributed by atoms with Crippen LogP contribution in [-0.4, -0.2) is 82.6 Å². The first kappa shape index (κ1) is 33.9. The molecule has 0 atom stereocenters. The molecule has 2 fully saturated rings. The molecule has 0 spiro atoms. The van der Waals surface area contributed by atoms with Gasteiger partial charge in [-0.25, -0.2) is 13.1 Å². The third-order valence-electron chi connectivity index (χ3n) is 9.23. The van der Waals surface area contributed by atoms with Gasteiger partial charge in [0, 0.05) is 41.8 Å². The van der Waals surface area contributed by atoms with Crippen molar-refractivity contribution in [3.05, 3.63) is 48.2 Å². The average molecular weight is 662 g/mol. The van der Waals surface area contributed by atoms with Crippen molar-refractivity contribution in [3.8, 4) is 17.6 Å². The molecule has 13 heteroatoms. The lowest BCUT2D eigenvalue weighted by Gasteiger charge is -2.49. The van der Waals surface area contributed by atoms with Crippen molar-refractivity contribution in [2.24, 2.45) is 0 Å². The van der Waals surface area contributed by atoms with Crippen LogP contribution < -0.4 is 20.1 Å². The number of fused-ring (bicyclic) bond motifs is 1. The summed E-state index contributed by atoms with van der Waals surface area (Å²) < 4.78 is 79.8. The highest BCUT2D eigenvalue weighted by atomic mass is 32.2. The molecule has 5 rings (SSSR count). The van der Waals surface area contributed by atoms with Crippen LogP contribution in [-0.2, 0) is 21.3 Å². The zero-order valence-corrected chi connectivity index (χ0v) is 27.3. The lowest BCUT2D eigenvalue weighted by atomic mass is 9.76. The van der Waals surface area contributed by atoms with E-state index < -0.39 is 22.7 Å². The fourth-order valence-corrected chi connectivity index (χ4v) is 7.44. The molecule has 2 aromatic carbocycles. The van der Waals surface area contributed by atoms with Gasteiger partial charge in [-0.1, -0.05) is 18.9 Å². The fraction of sp³-hybridized carbons (Fsp3) is 0.515. The normalized spacial score (nSPS) is 21.0. The number of rotatable bonds is 10. The topological polar surface area (TPSA) is 96.9 Å². The van der Waals surface area contributed by atoms with Gasteiger partial charge in [0.2, 0.25) is 10.0 Å². The number of sulfonamides is 1. The molecule has 0 amide bonds. The van der Waals surface area contributed by atoms with Gasteiger partial charge in [0.05, 0.1) is 48.7 Å². The Balaban J connectivity index is 1.34. The molecule has 1 saturated heterocycles. The van der Waals surface area contributed by atoms with E-state index >= 15 is 0 Å². The molecule has 250 valence electrons. The minimum Gasteiger partial charge on any atom is -0.495 e. The maximum atomic E-state index is 13.7. The molecule has 2 aliphatic rings. The molecule has 1 aliphatic carbocycles. The molecule has 9 nitrogen and oxygen atoms in total. The van der Waals surface area contributed by atoms with E-state index in [0.29, 0.717) is 22.3 Å². The summed E-state index contributed by atoms with van der Waals surface area (Å²) in [6.45, 7) is 4.65. The Morgan fingerprint density at radius 2 is 1.83 bits per heavy atom. The van der Waals surface area contributed by atoms with Crippen LogP contribution in [0.3, 0.4) is 0 Å². The number of aromatic nitrogens is 1. The van der Waals surface area contributed by atoms with Gasteiger partial charge in [0.1, 0.15) is 12.3 Å². The molecule has 1 saturated carbocycles. The number of benzene rings is 2. The van der Waals surface area contributed by atoms with E-state index in [1.54, 1.807) is 24.3 Å². The number of ether oxygens (including phenoxy) is 2. The Kier molecular flexibility index (Phi) is 10.4. The molecule has 1 aromatic heterocycles. The van der Waals surface area contributed by atoms with E-state index in [0.717, 1.165) is 64.1 Å².